The summed E-state index contributed by atoms with van der Waals surface area (Å²) in [7, 11) is -0.879. The molecule has 0 saturated carbocycles. The Morgan fingerprint density at radius 3 is 2.45 bits per heavy atom. The van der Waals surface area contributed by atoms with Crippen LogP contribution in [0.5, 0.6) is 0 Å². The third-order valence-electron chi connectivity index (χ3n) is 3.85. The minimum Gasteiger partial charge on any atom is -0.368 e. The molecule has 1 aromatic carbocycles. The number of hydrogen-bond acceptors (Lipinski definition) is 8. The molecule has 0 bridgehead atoms. The zero-order chi connectivity index (χ0) is 21.2. The van der Waals surface area contributed by atoms with Crippen molar-refractivity contribution in [1.29, 1.82) is 0 Å². The van der Waals surface area contributed by atoms with Crippen molar-refractivity contribution in [1.82, 2.24) is 23.8 Å². The number of sulfonamides is 1. The average molecular weight is 436 g/mol. The molecule has 3 rings (SSSR count). The molecule has 10 nitrogen and oxygen atoms in total. The third kappa shape index (κ3) is 4.88. The van der Waals surface area contributed by atoms with Gasteiger partial charge in [-0.15, -0.1) is 0 Å². The Morgan fingerprint density at radius 1 is 1.10 bits per heavy atom. The highest BCUT2D eigenvalue weighted by Crippen LogP contribution is 2.17. The predicted octanol–water partition coefficient (Wildman–Crippen LogP) is 1.31. The molecule has 0 radical (unpaired) electrons. The Bertz CT molecular complexity index is 1190. The van der Waals surface area contributed by atoms with Gasteiger partial charge in [-0.2, -0.15) is 15.0 Å². The molecular weight excluding hydrogens is 418 g/mol. The lowest BCUT2D eigenvalue weighted by atomic mass is 10.3. The van der Waals surface area contributed by atoms with Gasteiger partial charge in [0.25, 0.3) is 5.56 Å². The van der Waals surface area contributed by atoms with Crippen LogP contribution in [-0.2, 0) is 16.6 Å². The quantitative estimate of drug-likeness (QED) is 0.591. The van der Waals surface area contributed by atoms with Crippen LogP contribution in [0.15, 0.2) is 52.3 Å². The Hall–Kier alpha value is -3.02. The summed E-state index contributed by atoms with van der Waals surface area (Å²) in [5.74, 6) is 0.326. The van der Waals surface area contributed by atoms with E-state index in [4.69, 9.17) is 17.3 Å². The van der Waals surface area contributed by atoms with Crippen molar-refractivity contribution in [2.75, 3.05) is 25.1 Å². The van der Waals surface area contributed by atoms with E-state index in [0.717, 1.165) is 4.31 Å². The maximum Gasteiger partial charge on any atom is 0.251 e. The molecule has 0 fully saturated rings. The normalized spacial score (nSPS) is 11.6. The molecule has 0 aliphatic rings. The van der Waals surface area contributed by atoms with Gasteiger partial charge in [-0.3, -0.25) is 4.79 Å². The minimum absolute atomic E-state index is 0.0244. The van der Waals surface area contributed by atoms with Crippen LogP contribution < -0.4 is 16.6 Å². The summed E-state index contributed by atoms with van der Waals surface area (Å²) in [5.41, 5.74) is 6.03. The number of hydrogen-bond donors (Lipinski definition) is 2. The molecule has 0 amide bonds. The third-order valence-corrected chi connectivity index (χ3v) is 5.90. The van der Waals surface area contributed by atoms with Crippen LogP contribution in [0.25, 0.3) is 0 Å². The lowest BCUT2D eigenvalue weighted by Crippen LogP contribution is -2.26. The predicted molar refractivity (Wildman–Crippen MR) is 110 cm³/mol. The fraction of sp³-hybridized carbons (Fsp3) is 0.176. The number of nitrogens with zero attached hydrogens (tertiary/aromatic N) is 5. The van der Waals surface area contributed by atoms with Gasteiger partial charge >= 0.3 is 0 Å². The molecule has 12 heteroatoms. The molecule has 152 valence electrons. The molecule has 0 saturated heterocycles. The molecule has 0 atom stereocenters. The van der Waals surface area contributed by atoms with Crippen molar-refractivity contribution in [2.45, 2.75) is 11.4 Å². The first-order chi connectivity index (χ1) is 13.6. The molecular formula is C17H18ClN7O3S. The zero-order valence-electron chi connectivity index (χ0n) is 15.6. The summed E-state index contributed by atoms with van der Waals surface area (Å²) in [4.78, 5) is 24.5. The van der Waals surface area contributed by atoms with Crippen LogP contribution in [0.4, 0.5) is 17.6 Å². The molecule has 3 aromatic rings. The first kappa shape index (κ1) is 20.7. The number of pyridine rings is 1. The van der Waals surface area contributed by atoms with Gasteiger partial charge in [0.2, 0.25) is 21.9 Å². The van der Waals surface area contributed by atoms with Crippen molar-refractivity contribution in [3.63, 3.8) is 0 Å². The molecule has 29 heavy (non-hydrogen) atoms. The van der Waals surface area contributed by atoms with Crippen LogP contribution in [0.1, 0.15) is 5.82 Å². The average Bonchev–Trinajstić information content (AvgIpc) is 2.64. The molecule has 3 N–H and O–H groups in total. The molecule has 2 heterocycles. The number of nitrogen functional groups attached to an aromatic ring is 1. The highest BCUT2D eigenvalue weighted by molar-refractivity contribution is 7.89. The second-order valence-corrected chi connectivity index (χ2v) is 8.77. The Labute approximate surface area is 172 Å². The van der Waals surface area contributed by atoms with E-state index in [0.29, 0.717) is 10.7 Å². The Kier molecular flexibility index (Phi) is 5.82. The number of nitrogens with one attached hydrogen (secondary N) is 1. The van der Waals surface area contributed by atoms with Gasteiger partial charge in [0.1, 0.15) is 0 Å². The molecule has 0 aliphatic heterocycles. The molecule has 0 aliphatic carbocycles. The number of aromatic nitrogens is 4. The summed E-state index contributed by atoms with van der Waals surface area (Å²) in [6.45, 7) is -0.0857. The van der Waals surface area contributed by atoms with Gasteiger partial charge in [-0.1, -0.05) is 11.6 Å². The second-order valence-electron chi connectivity index (χ2n) is 6.18. The lowest BCUT2D eigenvalue weighted by Gasteiger charge is -2.13. The smallest absolute Gasteiger partial charge is 0.251 e. The maximum atomic E-state index is 12.3. The van der Waals surface area contributed by atoms with E-state index in [1.54, 1.807) is 24.3 Å². The molecule has 0 spiro atoms. The van der Waals surface area contributed by atoms with E-state index in [9.17, 15) is 13.2 Å². The first-order valence-corrected chi connectivity index (χ1v) is 10.1. The van der Waals surface area contributed by atoms with Crippen LogP contribution in [0.2, 0.25) is 5.02 Å². The largest absolute Gasteiger partial charge is 0.368 e. The topological polar surface area (TPSA) is 136 Å². The lowest BCUT2D eigenvalue weighted by molar-refractivity contribution is 0.518. The zero-order valence-corrected chi connectivity index (χ0v) is 17.1. The van der Waals surface area contributed by atoms with Crippen LogP contribution in [-0.4, -0.2) is 46.3 Å². The van der Waals surface area contributed by atoms with Gasteiger partial charge in [0.15, 0.2) is 5.82 Å². The van der Waals surface area contributed by atoms with Crippen molar-refractivity contribution in [3.8, 4) is 0 Å². The Morgan fingerprint density at radius 2 is 1.79 bits per heavy atom. The van der Waals surface area contributed by atoms with E-state index < -0.39 is 15.6 Å². The van der Waals surface area contributed by atoms with Crippen LogP contribution in [0, 0.1) is 0 Å². The number of nitrogens with two attached hydrogens (primary N) is 1. The van der Waals surface area contributed by atoms with E-state index in [1.165, 1.54) is 37.0 Å². The van der Waals surface area contributed by atoms with E-state index in [2.05, 4.69) is 20.3 Å². The summed E-state index contributed by atoms with van der Waals surface area (Å²) < 4.78 is 26.9. The fourth-order valence-corrected chi connectivity index (χ4v) is 3.42. The molecule has 2 aromatic heterocycles. The highest BCUT2D eigenvalue weighted by Gasteiger charge is 2.18. The van der Waals surface area contributed by atoms with E-state index in [-0.39, 0.29) is 29.2 Å². The number of rotatable bonds is 6. The monoisotopic (exact) mass is 435 g/mol. The van der Waals surface area contributed by atoms with Gasteiger partial charge in [0.05, 0.1) is 11.4 Å². The maximum absolute atomic E-state index is 12.3. The van der Waals surface area contributed by atoms with Crippen molar-refractivity contribution < 1.29 is 8.42 Å². The summed E-state index contributed by atoms with van der Waals surface area (Å²) in [6.07, 6.45) is 1.24. The van der Waals surface area contributed by atoms with Crippen molar-refractivity contribution in [2.24, 2.45) is 0 Å². The van der Waals surface area contributed by atoms with Gasteiger partial charge in [-0.25, -0.2) is 12.7 Å². The van der Waals surface area contributed by atoms with Crippen LogP contribution >= 0.6 is 11.6 Å². The van der Waals surface area contributed by atoms with Gasteiger partial charge < -0.3 is 15.6 Å². The standard InChI is InChI=1S/C17H18ClN7O3S/c1-24(2)29(27,28)13-7-8-15(26)25(9-13)10-14-21-16(19)23-17(22-14)20-12-5-3-11(18)4-6-12/h3-9H,10H2,1-2H3,(H3,19,20,21,22,23). The first-order valence-electron chi connectivity index (χ1n) is 8.31. The number of benzene rings is 1. The fourth-order valence-electron chi connectivity index (χ4n) is 2.38. The van der Waals surface area contributed by atoms with Gasteiger partial charge in [0, 0.05) is 37.1 Å². The minimum atomic E-state index is -3.70. The summed E-state index contributed by atoms with van der Waals surface area (Å²) >= 11 is 5.87. The molecule has 0 unspecified atom stereocenters. The number of anilines is 3. The number of halogens is 1. The van der Waals surface area contributed by atoms with E-state index in [1.807, 2.05) is 0 Å². The van der Waals surface area contributed by atoms with Crippen LogP contribution in [0.3, 0.4) is 0 Å². The van der Waals surface area contributed by atoms with Crippen molar-refractivity contribution >= 4 is 39.2 Å². The highest BCUT2D eigenvalue weighted by atomic mass is 35.5. The van der Waals surface area contributed by atoms with E-state index >= 15 is 0 Å². The SMILES string of the molecule is CN(C)S(=O)(=O)c1ccc(=O)n(Cc2nc(N)nc(Nc3ccc(Cl)cc3)n2)c1. The summed E-state index contributed by atoms with van der Waals surface area (Å²) in [6, 6.07) is 9.30. The Balaban J connectivity index is 1.91. The van der Waals surface area contributed by atoms with Crippen molar-refractivity contribution in [3.05, 3.63) is 63.8 Å². The second kappa shape index (κ2) is 8.15. The summed E-state index contributed by atoms with van der Waals surface area (Å²) in [5, 5.41) is 3.55. The van der Waals surface area contributed by atoms with Gasteiger partial charge in [-0.05, 0) is 30.3 Å².